The minimum Gasteiger partial charge on any atom is -0.351 e. The summed E-state index contributed by atoms with van der Waals surface area (Å²) in [6.07, 6.45) is 5.10. The molecule has 0 aliphatic carbocycles. The van der Waals surface area contributed by atoms with Crippen molar-refractivity contribution in [2.75, 3.05) is 20.7 Å². The standard InChI is InChI=1S/C7H13NO/c1-5-6-9-7(2)8(3)4/h1,7H,6H2,2-4H3. The molecule has 0 saturated carbocycles. The van der Waals surface area contributed by atoms with Crippen LogP contribution in [0.2, 0.25) is 0 Å². The number of ether oxygens (including phenoxy) is 1. The highest BCUT2D eigenvalue weighted by Crippen LogP contribution is 1.91. The summed E-state index contributed by atoms with van der Waals surface area (Å²) in [4.78, 5) is 1.96. The van der Waals surface area contributed by atoms with Gasteiger partial charge in [-0.3, -0.25) is 4.90 Å². The summed E-state index contributed by atoms with van der Waals surface area (Å²) in [5.41, 5.74) is 0. The molecule has 0 heterocycles. The van der Waals surface area contributed by atoms with Crippen molar-refractivity contribution in [1.29, 1.82) is 0 Å². The summed E-state index contributed by atoms with van der Waals surface area (Å²) in [5, 5.41) is 0. The molecule has 0 aromatic heterocycles. The second-order valence-corrected chi connectivity index (χ2v) is 2.08. The van der Waals surface area contributed by atoms with E-state index in [1.165, 1.54) is 0 Å². The molecule has 0 aromatic rings. The van der Waals surface area contributed by atoms with Crippen molar-refractivity contribution >= 4 is 0 Å². The van der Waals surface area contributed by atoms with Crippen LogP contribution in [0.25, 0.3) is 0 Å². The fourth-order valence-electron chi connectivity index (χ4n) is 0.318. The van der Waals surface area contributed by atoms with Gasteiger partial charge in [-0.05, 0) is 21.0 Å². The fraction of sp³-hybridized carbons (Fsp3) is 0.714. The average molecular weight is 127 g/mol. The number of hydrogen-bond donors (Lipinski definition) is 0. The Kier molecular flexibility index (Phi) is 4.12. The van der Waals surface area contributed by atoms with E-state index >= 15 is 0 Å². The highest BCUT2D eigenvalue weighted by atomic mass is 16.5. The maximum Gasteiger partial charge on any atom is 0.109 e. The molecule has 2 nitrogen and oxygen atoms in total. The van der Waals surface area contributed by atoms with Crippen LogP contribution in [0.3, 0.4) is 0 Å². The summed E-state index contributed by atoms with van der Waals surface area (Å²) in [5.74, 6) is 2.40. The zero-order valence-electron chi connectivity index (χ0n) is 6.22. The molecule has 0 spiro atoms. The Morgan fingerprint density at radius 3 is 2.56 bits per heavy atom. The normalized spacial score (nSPS) is 13.2. The number of hydrogen-bond acceptors (Lipinski definition) is 2. The van der Waals surface area contributed by atoms with E-state index in [-0.39, 0.29) is 6.23 Å². The fourth-order valence-corrected chi connectivity index (χ4v) is 0.318. The predicted octanol–water partition coefficient (Wildman–Crippen LogP) is 0.544. The molecule has 0 rings (SSSR count). The first-order chi connectivity index (χ1) is 4.18. The van der Waals surface area contributed by atoms with E-state index in [1.807, 2.05) is 25.9 Å². The van der Waals surface area contributed by atoms with Crippen molar-refractivity contribution in [3.05, 3.63) is 0 Å². The highest BCUT2D eigenvalue weighted by molar-refractivity contribution is 4.83. The van der Waals surface area contributed by atoms with E-state index in [0.717, 1.165) is 0 Å². The van der Waals surface area contributed by atoms with Crippen molar-refractivity contribution in [2.45, 2.75) is 13.2 Å². The molecule has 0 aromatic carbocycles. The van der Waals surface area contributed by atoms with Crippen LogP contribution < -0.4 is 0 Å². The first-order valence-corrected chi connectivity index (χ1v) is 2.90. The highest BCUT2D eigenvalue weighted by Gasteiger charge is 2.00. The van der Waals surface area contributed by atoms with Crippen LogP contribution >= 0.6 is 0 Å². The summed E-state index contributed by atoms with van der Waals surface area (Å²) >= 11 is 0. The van der Waals surface area contributed by atoms with Crippen LogP contribution in [0.15, 0.2) is 0 Å². The van der Waals surface area contributed by atoms with Crippen molar-refractivity contribution in [1.82, 2.24) is 4.90 Å². The molecule has 0 aliphatic rings. The van der Waals surface area contributed by atoms with Crippen molar-refractivity contribution in [2.24, 2.45) is 0 Å². The summed E-state index contributed by atoms with van der Waals surface area (Å²) in [6, 6.07) is 0. The molecule has 1 atom stereocenters. The maximum absolute atomic E-state index is 5.14. The molecule has 0 fully saturated rings. The zero-order valence-corrected chi connectivity index (χ0v) is 6.22. The van der Waals surface area contributed by atoms with E-state index in [0.29, 0.717) is 6.61 Å². The molecule has 0 radical (unpaired) electrons. The molecule has 9 heavy (non-hydrogen) atoms. The number of rotatable bonds is 3. The molecule has 2 heteroatoms. The van der Waals surface area contributed by atoms with Gasteiger partial charge in [0.25, 0.3) is 0 Å². The van der Waals surface area contributed by atoms with Gasteiger partial charge in [0.1, 0.15) is 12.8 Å². The van der Waals surface area contributed by atoms with Gasteiger partial charge >= 0.3 is 0 Å². The number of terminal acetylenes is 1. The monoisotopic (exact) mass is 127 g/mol. The molecule has 52 valence electrons. The Bertz CT molecular complexity index is 104. The molecule has 0 aliphatic heterocycles. The number of nitrogens with zero attached hydrogens (tertiary/aromatic N) is 1. The summed E-state index contributed by atoms with van der Waals surface area (Å²) in [6.45, 7) is 2.34. The molecular formula is C7H13NO. The van der Waals surface area contributed by atoms with E-state index in [4.69, 9.17) is 11.2 Å². The van der Waals surface area contributed by atoms with Gasteiger partial charge < -0.3 is 4.74 Å². The van der Waals surface area contributed by atoms with E-state index < -0.39 is 0 Å². The molecule has 0 bridgehead atoms. The molecule has 0 saturated heterocycles. The average Bonchev–Trinajstić information content (AvgIpc) is 1.82. The topological polar surface area (TPSA) is 12.5 Å². The second-order valence-electron chi connectivity index (χ2n) is 2.08. The van der Waals surface area contributed by atoms with Crippen LogP contribution in [0, 0.1) is 12.3 Å². The van der Waals surface area contributed by atoms with Crippen molar-refractivity contribution in [3.8, 4) is 12.3 Å². The van der Waals surface area contributed by atoms with Gasteiger partial charge in [-0.25, -0.2) is 0 Å². The van der Waals surface area contributed by atoms with Crippen LogP contribution in [0.4, 0.5) is 0 Å². The van der Waals surface area contributed by atoms with E-state index in [9.17, 15) is 0 Å². The third kappa shape index (κ3) is 4.01. The van der Waals surface area contributed by atoms with Crippen molar-refractivity contribution in [3.63, 3.8) is 0 Å². The summed E-state index contributed by atoms with van der Waals surface area (Å²) < 4.78 is 5.14. The van der Waals surface area contributed by atoms with Crippen molar-refractivity contribution < 1.29 is 4.74 Å². The van der Waals surface area contributed by atoms with Gasteiger partial charge in [-0.2, -0.15) is 0 Å². The first-order valence-electron chi connectivity index (χ1n) is 2.90. The quantitative estimate of drug-likeness (QED) is 0.405. The van der Waals surface area contributed by atoms with Gasteiger partial charge in [-0.15, -0.1) is 6.42 Å². The lowest BCUT2D eigenvalue weighted by Crippen LogP contribution is -2.27. The van der Waals surface area contributed by atoms with Crippen LogP contribution in [0.1, 0.15) is 6.92 Å². The van der Waals surface area contributed by atoms with Gasteiger partial charge in [0, 0.05) is 0 Å². The van der Waals surface area contributed by atoms with Gasteiger partial charge in [-0.1, -0.05) is 5.92 Å². The van der Waals surface area contributed by atoms with E-state index in [2.05, 4.69) is 5.92 Å². The Morgan fingerprint density at radius 1 is 1.67 bits per heavy atom. The molecule has 0 amide bonds. The lowest BCUT2D eigenvalue weighted by molar-refractivity contribution is -0.00566. The Labute approximate surface area is 56.8 Å². The minimum atomic E-state index is 0.112. The van der Waals surface area contributed by atoms with Gasteiger partial charge in [0.15, 0.2) is 0 Å². The van der Waals surface area contributed by atoms with Crippen LogP contribution in [-0.2, 0) is 4.74 Å². The minimum absolute atomic E-state index is 0.112. The molecule has 1 unspecified atom stereocenters. The molecular weight excluding hydrogens is 114 g/mol. The lowest BCUT2D eigenvalue weighted by Gasteiger charge is -2.18. The lowest BCUT2D eigenvalue weighted by atomic mass is 10.6. The Hall–Kier alpha value is -0.520. The second kappa shape index (κ2) is 4.37. The zero-order chi connectivity index (χ0) is 7.28. The van der Waals surface area contributed by atoms with Gasteiger partial charge in [0.2, 0.25) is 0 Å². The van der Waals surface area contributed by atoms with Crippen LogP contribution in [0.5, 0.6) is 0 Å². The summed E-state index contributed by atoms with van der Waals surface area (Å²) in [7, 11) is 3.89. The largest absolute Gasteiger partial charge is 0.351 e. The van der Waals surface area contributed by atoms with Crippen LogP contribution in [-0.4, -0.2) is 31.8 Å². The van der Waals surface area contributed by atoms with E-state index in [1.54, 1.807) is 0 Å². The Balaban J connectivity index is 3.29. The maximum atomic E-state index is 5.14. The first kappa shape index (κ1) is 8.48. The predicted molar refractivity (Wildman–Crippen MR) is 37.9 cm³/mol. The third-order valence-electron chi connectivity index (χ3n) is 1.14. The SMILES string of the molecule is C#CCOC(C)N(C)C. The van der Waals surface area contributed by atoms with Gasteiger partial charge in [0.05, 0.1) is 0 Å². The third-order valence-corrected chi connectivity index (χ3v) is 1.14. The molecule has 0 N–H and O–H groups in total. The Morgan fingerprint density at radius 2 is 2.22 bits per heavy atom. The smallest absolute Gasteiger partial charge is 0.109 e.